The van der Waals surface area contributed by atoms with Gasteiger partial charge in [-0.25, -0.2) is 4.57 Å². The summed E-state index contributed by atoms with van der Waals surface area (Å²) in [6.07, 6.45) is 8.74. The summed E-state index contributed by atoms with van der Waals surface area (Å²) in [6.45, 7) is 5.30. The molecular formula is C19H34NO3P. The second-order valence-corrected chi connectivity index (χ2v) is 8.17. The quantitative estimate of drug-likeness (QED) is 0.285. The van der Waals surface area contributed by atoms with Crippen molar-refractivity contribution in [2.75, 3.05) is 24.9 Å². The molecule has 0 fully saturated rings. The summed E-state index contributed by atoms with van der Waals surface area (Å²) in [7, 11) is -1.51. The molecule has 0 aromatic heterocycles. The maximum atomic E-state index is 13.3. The van der Waals surface area contributed by atoms with Crippen LogP contribution >= 0.6 is 7.75 Å². The van der Waals surface area contributed by atoms with Crippen LogP contribution in [0, 0.1) is 0 Å². The first-order valence-electron chi connectivity index (χ1n) is 9.32. The summed E-state index contributed by atoms with van der Waals surface area (Å²) >= 11 is 0. The number of nitrogens with zero attached hydrogens (tertiary/aromatic N) is 1. The lowest BCUT2D eigenvalue weighted by Gasteiger charge is -2.28. The third-order valence-corrected chi connectivity index (χ3v) is 5.99. The first-order valence-corrected chi connectivity index (χ1v) is 10.8. The molecular weight excluding hydrogens is 321 g/mol. The molecule has 0 saturated heterocycles. The van der Waals surface area contributed by atoms with Crippen molar-refractivity contribution in [1.82, 2.24) is 0 Å². The third kappa shape index (κ3) is 7.83. The minimum Gasteiger partial charge on any atom is -0.292 e. The average Bonchev–Trinajstić information content (AvgIpc) is 2.61. The van der Waals surface area contributed by atoms with Gasteiger partial charge in [0.2, 0.25) is 0 Å². The van der Waals surface area contributed by atoms with Crippen LogP contribution < -0.4 is 4.67 Å². The van der Waals surface area contributed by atoms with Crippen molar-refractivity contribution in [3.8, 4) is 0 Å². The molecule has 0 atom stereocenters. The Morgan fingerprint density at radius 3 is 1.79 bits per heavy atom. The van der Waals surface area contributed by atoms with E-state index >= 15 is 0 Å². The summed E-state index contributed by atoms with van der Waals surface area (Å²) in [4.78, 5) is 0. The summed E-state index contributed by atoms with van der Waals surface area (Å²) in [5.41, 5.74) is 0.850. The van der Waals surface area contributed by atoms with Gasteiger partial charge in [-0.2, -0.15) is 0 Å². The molecule has 0 unspecified atom stereocenters. The molecule has 1 aromatic rings. The van der Waals surface area contributed by atoms with Crippen molar-refractivity contribution in [2.45, 2.75) is 65.2 Å². The van der Waals surface area contributed by atoms with E-state index < -0.39 is 7.75 Å². The minimum atomic E-state index is -3.30. The van der Waals surface area contributed by atoms with Gasteiger partial charge in [-0.3, -0.25) is 13.7 Å². The highest BCUT2D eigenvalue weighted by atomic mass is 31.2. The molecule has 0 radical (unpaired) electrons. The Kier molecular flexibility index (Phi) is 11.1. The molecule has 24 heavy (non-hydrogen) atoms. The molecule has 1 aromatic carbocycles. The molecule has 0 spiro atoms. The molecule has 0 heterocycles. The Labute approximate surface area is 148 Å². The molecule has 0 saturated carbocycles. The SMILES string of the molecule is CCCCCCOP(=O)(OCCCCCC)N(C)c1ccccc1. The minimum absolute atomic E-state index is 0.476. The van der Waals surface area contributed by atoms with E-state index in [0.717, 1.165) is 31.4 Å². The number of anilines is 1. The van der Waals surface area contributed by atoms with Crippen molar-refractivity contribution in [1.29, 1.82) is 0 Å². The number of benzene rings is 1. The number of rotatable bonds is 14. The Hall–Kier alpha value is -0.830. The van der Waals surface area contributed by atoms with Crippen LogP contribution in [0.4, 0.5) is 5.69 Å². The van der Waals surface area contributed by atoms with Crippen molar-refractivity contribution >= 4 is 13.4 Å². The zero-order valence-electron chi connectivity index (χ0n) is 15.6. The fourth-order valence-corrected chi connectivity index (χ4v) is 3.97. The summed E-state index contributed by atoms with van der Waals surface area (Å²) < 4.78 is 26.4. The van der Waals surface area contributed by atoms with Crippen LogP contribution in [0.2, 0.25) is 0 Å². The van der Waals surface area contributed by atoms with E-state index in [2.05, 4.69) is 13.8 Å². The molecule has 0 bridgehead atoms. The first-order chi connectivity index (χ1) is 11.6. The van der Waals surface area contributed by atoms with E-state index in [1.807, 2.05) is 30.3 Å². The smallest absolute Gasteiger partial charge is 0.292 e. The van der Waals surface area contributed by atoms with Crippen LogP contribution in [0.1, 0.15) is 65.2 Å². The van der Waals surface area contributed by atoms with E-state index in [0.29, 0.717) is 13.2 Å². The molecule has 0 aliphatic rings. The Morgan fingerprint density at radius 2 is 1.33 bits per heavy atom. The topological polar surface area (TPSA) is 38.8 Å². The third-order valence-electron chi connectivity index (χ3n) is 4.00. The Balaban J connectivity index is 2.61. The van der Waals surface area contributed by atoms with E-state index in [4.69, 9.17) is 9.05 Å². The van der Waals surface area contributed by atoms with Crippen LogP contribution in [0.3, 0.4) is 0 Å². The van der Waals surface area contributed by atoms with Crippen molar-refractivity contribution < 1.29 is 13.6 Å². The van der Waals surface area contributed by atoms with Gasteiger partial charge in [-0.05, 0) is 25.0 Å². The second-order valence-electron chi connectivity index (χ2n) is 6.12. The van der Waals surface area contributed by atoms with Crippen molar-refractivity contribution in [3.63, 3.8) is 0 Å². The van der Waals surface area contributed by atoms with Crippen LogP contribution in [-0.2, 0) is 13.6 Å². The molecule has 0 aliphatic carbocycles. The van der Waals surface area contributed by atoms with Gasteiger partial charge in [0, 0.05) is 12.7 Å². The molecule has 0 amide bonds. The number of unbranched alkanes of at least 4 members (excludes halogenated alkanes) is 6. The lowest BCUT2D eigenvalue weighted by atomic mass is 10.2. The highest BCUT2D eigenvalue weighted by molar-refractivity contribution is 7.55. The van der Waals surface area contributed by atoms with Gasteiger partial charge in [-0.15, -0.1) is 0 Å². The molecule has 0 N–H and O–H groups in total. The lowest BCUT2D eigenvalue weighted by Crippen LogP contribution is -2.18. The van der Waals surface area contributed by atoms with E-state index in [-0.39, 0.29) is 0 Å². The molecule has 0 aliphatic heterocycles. The second kappa shape index (κ2) is 12.5. The zero-order chi connectivity index (χ0) is 17.7. The zero-order valence-corrected chi connectivity index (χ0v) is 16.5. The maximum absolute atomic E-state index is 13.3. The van der Waals surface area contributed by atoms with Crippen molar-refractivity contribution in [3.05, 3.63) is 30.3 Å². The number of hydrogen-bond donors (Lipinski definition) is 0. The van der Waals surface area contributed by atoms with Crippen LogP contribution in [-0.4, -0.2) is 20.3 Å². The summed E-state index contributed by atoms with van der Waals surface area (Å²) in [5, 5.41) is 0. The Bertz CT molecular complexity index is 449. The Morgan fingerprint density at radius 1 is 0.833 bits per heavy atom. The monoisotopic (exact) mass is 355 g/mol. The molecule has 4 nitrogen and oxygen atoms in total. The summed E-state index contributed by atoms with van der Waals surface area (Å²) in [5.74, 6) is 0. The van der Waals surface area contributed by atoms with Crippen LogP contribution in [0.5, 0.6) is 0 Å². The van der Waals surface area contributed by atoms with E-state index in [1.54, 1.807) is 11.7 Å². The highest BCUT2D eigenvalue weighted by Crippen LogP contribution is 2.53. The number of para-hydroxylation sites is 1. The van der Waals surface area contributed by atoms with Crippen molar-refractivity contribution in [2.24, 2.45) is 0 Å². The predicted octanol–water partition coefficient (Wildman–Crippen LogP) is 6.42. The standard InChI is InChI=1S/C19H34NO3P/c1-4-6-8-13-17-22-24(21,23-18-14-9-7-5-2)20(3)19-15-11-10-12-16-19/h10-12,15-16H,4-9,13-14,17-18H2,1-3H3. The molecule has 5 heteroatoms. The van der Waals surface area contributed by atoms with Gasteiger partial charge in [0.25, 0.3) is 0 Å². The van der Waals surface area contributed by atoms with Gasteiger partial charge in [0.05, 0.1) is 13.2 Å². The van der Waals surface area contributed by atoms with Gasteiger partial charge >= 0.3 is 7.75 Å². The van der Waals surface area contributed by atoms with Crippen LogP contribution in [0.15, 0.2) is 30.3 Å². The number of hydrogen-bond acceptors (Lipinski definition) is 3. The fourth-order valence-electron chi connectivity index (χ4n) is 2.41. The largest absolute Gasteiger partial charge is 0.435 e. The fraction of sp³-hybridized carbons (Fsp3) is 0.684. The first kappa shape index (κ1) is 21.2. The normalized spacial score (nSPS) is 11.6. The van der Waals surface area contributed by atoms with Gasteiger partial charge in [0.15, 0.2) is 0 Å². The van der Waals surface area contributed by atoms with Gasteiger partial charge < -0.3 is 0 Å². The molecule has 1 rings (SSSR count). The van der Waals surface area contributed by atoms with E-state index in [9.17, 15) is 4.57 Å². The predicted molar refractivity (Wildman–Crippen MR) is 103 cm³/mol. The van der Waals surface area contributed by atoms with E-state index in [1.165, 1.54) is 25.7 Å². The lowest BCUT2D eigenvalue weighted by molar-refractivity contribution is 0.196. The van der Waals surface area contributed by atoms with Gasteiger partial charge in [-0.1, -0.05) is 70.6 Å². The maximum Gasteiger partial charge on any atom is 0.435 e. The highest BCUT2D eigenvalue weighted by Gasteiger charge is 2.31. The van der Waals surface area contributed by atoms with Crippen LogP contribution in [0.25, 0.3) is 0 Å². The van der Waals surface area contributed by atoms with Gasteiger partial charge in [0.1, 0.15) is 0 Å². The summed E-state index contributed by atoms with van der Waals surface area (Å²) in [6, 6.07) is 9.65. The molecule has 138 valence electrons. The average molecular weight is 355 g/mol.